The smallest absolute Gasteiger partial charge is 0.422 e. The molecule has 1 aromatic heterocycles. The molecule has 0 bridgehead atoms. The van der Waals surface area contributed by atoms with Crippen LogP contribution in [0.25, 0.3) is 0 Å². The van der Waals surface area contributed by atoms with Gasteiger partial charge < -0.3 is 15.8 Å². The Morgan fingerprint density at radius 1 is 1.30 bits per heavy atom. The second kappa shape index (κ2) is 8.03. The zero-order valence-electron chi connectivity index (χ0n) is 12.8. The zero-order valence-corrected chi connectivity index (χ0v) is 12.8. The van der Waals surface area contributed by atoms with Crippen LogP contribution in [-0.4, -0.2) is 29.8 Å². The molecule has 1 heterocycles. The van der Waals surface area contributed by atoms with Crippen LogP contribution in [0.1, 0.15) is 37.7 Å². The van der Waals surface area contributed by atoms with Gasteiger partial charge in [0.2, 0.25) is 5.88 Å². The molecule has 3 N–H and O–H groups in total. The van der Waals surface area contributed by atoms with Gasteiger partial charge in [-0.2, -0.15) is 13.2 Å². The number of hydrogen-bond donors (Lipinski definition) is 2. The second-order valence-corrected chi connectivity index (χ2v) is 5.59. The van der Waals surface area contributed by atoms with Gasteiger partial charge in [0.25, 0.3) is 0 Å². The molecular formula is C15H21F3N4O. The van der Waals surface area contributed by atoms with Crippen LogP contribution in [0.15, 0.2) is 23.3 Å². The van der Waals surface area contributed by atoms with Crippen molar-refractivity contribution >= 4 is 5.96 Å². The molecule has 23 heavy (non-hydrogen) atoms. The number of nitrogens with zero attached hydrogens (tertiary/aromatic N) is 2. The van der Waals surface area contributed by atoms with Gasteiger partial charge in [-0.05, 0) is 18.4 Å². The lowest BCUT2D eigenvalue weighted by atomic mass is 9.96. The molecule has 8 heteroatoms. The van der Waals surface area contributed by atoms with Gasteiger partial charge >= 0.3 is 6.18 Å². The SMILES string of the molecule is NC(=NCc1ccc(OCC(F)(F)F)nc1)NC1CCCCC1. The highest BCUT2D eigenvalue weighted by Gasteiger charge is 2.28. The number of rotatable bonds is 5. The average Bonchev–Trinajstić information content (AvgIpc) is 2.52. The summed E-state index contributed by atoms with van der Waals surface area (Å²) < 4.78 is 40.6. The van der Waals surface area contributed by atoms with E-state index in [1.54, 1.807) is 6.07 Å². The maximum atomic E-state index is 12.0. The van der Waals surface area contributed by atoms with E-state index in [0.717, 1.165) is 18.4 Å². The van der Waals surface area contributed by atoms with Crippen LogP contribution in [0.2, 0.25) is 0 Å². The first-order valence-electron chi connectivity index (χ1n) is 7.63. The molecule has 0 unspecified atom stereocenters. The predicted molar refractivity (Wildman–Crippen MR) is 81.1 cm³/mol. The Hall–Kier alpha value is -1.99. The summed E-state index contributed by atoms with van der Waals surface area (Å²) in [6, 6.07) is 3.39. The Morgan fingerprint density at radius 2 is 2.04 bits per heavy atom. The van der Waals surface area contributed by atoms with Crippen molar-refractivity contribution in [1.29, 1.82) is 0 Å². The Labute approximate surface area is 133 Å². The summed E-state index contributed by atoms with van der Waals surface area (Å²) >= 11 is 0. The minimum absolute atomic E-state index is 0.0663. The molecular weight excluding hydrogens is 309 g/mol. The molecule has 2 rings (SSSR count). The Kier molecular flexibility index (Phi) is 6.06. The quantitative estimate of drug-likeness (QED) is 0.643. The molecule has 5 nitrogen and oxygen atoms in total. The maximum Gasteiger partial charge on any atom is 0.422 e. The fourth-order valence-electron chi connectivity index (χ4n) is 2.42. The fraction of sp³-hybridized carbons (Fsp3) is 0.600. The van der Waals surface area contributed by atoms with E-state index < -0.39 is 12.8 Å². The van der Waals surface area contributed by atoms with Gasteiger partial charge in [0.05, 0.1) is 6.54 Å². The highest BCUT2D eigenvalue weighted by Crippen LogP contribution is 2.18. The molecule has 0 aromatic carbocycles. The molecule has 1 saturated carbocycles. The third kappa shape index (κ3) is 6.75. The van der Waals surface area contributed by atoms with Crippen molar-refractivity contribution in [2.75, 3.05) is 6.61 Å². The molecule has 0 saturated heterocycles. The minimum Gasteiger partial charge on any atom is -0.468 e. The third-order valence-electron chi connectivity index (χ3n) is 3.57. The van der Waals surface area contributed by atoms with Gasteiger partial charge in [-0.25, -0.2) is 9.98 Å². The summed E-state index contributed by atoms with van der Waals surface area (Å²) in [6.45, 7) is -1.03. The molecule has 0 atom stereocenters. The number of hydrogen-bond acceptors (Lipinski definition) is 3. The van der Waals surface area contributed by atoms with Crippen molar-refractivity contribution in [3.05, 3.63) is 23.9 Å². The highest BCUT2D eigenvalue weighted by molar-refractivity contribution is 5.78. The van der Waals surface area contributed by atoms with Crippen LogP contribution in [0.5, 0.6) is 5.88 Å². The van der Waals surface area contributed by atoms with E-state index in [9.17, 15) is 13.2 Å². The molecule has 1 fully saturated rings. The summed E-state index contributed by atoms with van der Waals surface area (Å²) in [7, 11) is 0. The summed E-state index contributed by atoms with van der Waals surface area (Å²) in [6.07, 6.45) is 2.94. The number of aliphatic imine (C=N–C) groups is 1. The Morgan fingerprint density at radius 3 is 2.65 bits per heavy atom. The maximum absolute atomic E-state index is 12.0. The Bertz CT molecular complexity index is 510. The average molecular weight is 330 g/mol. The standard InChI is InChI=1S/C15H21F3N4O/c16-15(17,18)10-23-13-7-6-11(8-20-13)9-21-14(19)22-12-4-2-1-3-5-12/h6-8,12H,1-5,9-10H2,(H3,19,21,22). The van der Waals surface area contributed by atoms with Crippen molar-refractivity contribution in [1.82, 2.24) is 10.3 Å². The van der Waals surface area contributed by atoms with Crippen LogP contribution in [0.3, 0.4) is 0 Å². The van der Waals surface area contributed by atoms with Gasteiger partial charge in [0, 0.05) is 18.3 Å². The lowest BCUT2D eigenvalue weighted by molar-refractivity contribution is -0.154. The second-order valence-electron chi connectivity index (χ2n) is 5.59. The van der Waals surface area contributed by atoms with Gasteiger partial charge in [-0.1, -0.05) is 25.3 Å². The van der Waals surface area contributed by atoms with Crippen LogP contribution in [0, 0.1) is 0 Å². The van der Waals surface area contributed by atoms with E-state index in [1.807, 2.05) is 0 Å². The van der Waals surface area contributed by atoms with Gasteiger partial charge in [0.1, 0.15) is 0 Å². The first kappa shape index (κ1) is 17.4. The molecule has 0 radical (unpaired) electrons. The number of pyridine rings is 1. The number of guanidine groups is 1. The van der Waals surface area contributed by atoms with Crippen LogP contribution in [0.4, 0.5) is 13.2 Å². The number of alkyl halides is 3. The van der Waals surface area contributed by atoms with Crippen molar-refractivity contribution in [2.45, 2.75) is 50.9 Å². The molecule has 1 aliphatic rings. The van der Waals surface area contributed by atoms with E-state index in [0.29, 0.717) is 18.5 Å². The molecule has 0 spiro atoms. The lowest BCUT2D eigenvalue weighted by Gasteiger charge is -2.23. The van der Waals surface area contributed by atoms with E-state index in [4.69, 9.17) is 5.73 Å². The number of aromatic nitrogens is 1. The monoisotopic (exact) mass is 330 g/mol. The topological polar surface area (TPSA) is 72.5 Å². The number of nitrogens with one attached hydrogen (secondary N) is 1. The zero-order chi connectivity index (χ0) is 16.7. The van der Waals surface area contributed by atoms with E-state index in [-0.39, 0.29) is 5.88 Å². The van der Waals surface area contributed by atoms with E-state index >= 15 is 0 Å². The number of halogens is 3. The first-order chi connectivity index (χ1) is 10.9. The van der Waals surface area contributed by atoms with Crippen LogP contribution >= 0.6 is 0 Å². The van der Waals surface area contributed by atoms with Gasteiger partial charge in [0.15, 0.2) is 12.6 Å². The van der Waals surface area contributed by atoms with Crippen LogP contribution < -0.4 is 15.8 Å². The predicted octanol–water partition coefficient (Wildman–Crippen LogP) is 2.76. The van der Waals surface area contributed by atoms with Gasteiger partial charge in [-0.15, -0.1) is 0 Å². The van der Waals surface area contributed by atoms with E-state index in [2.05, 4.69) is 20.0 Å². The summed E-state index contributed by atoms with van der Waals surface area (Å²) in [5, 5.41) is 3.20. The van der Waals surface area contributed by atoms with Crippen molar-refractivity contribution < 1.29 is 17.9 Å². The molecule has 1 aliphatic carbocycles. The number of ether oxygens (including phenoxy) is 1. The van der Waals surface area contributed by atoms with Crippen molar-refractivity contribution in [3.63, 3.8) is 0 Å². The van der Waals surface area contributed by atoms with Crippen molar-refractivity contribution in [2.24, 2.45) is 10.7 Å². The summed E-state index contributed by atoms with van der Waals surface area (Å²) in [5.74, 6) is 0.317. The largest absolute Gasteiger partial charge is 0.468 e. The lowest BCUT2D eigenvalue weighted by Crippen LogP contribution is -2.41. The summed E-state index contributed by atoms with van der Waals surface area (Å²) in [5.41, 5.74) is 6.59. The first-order valence-corrected chi connectivity index (χ1v) is 7.63. The van der Waals surface area contributed by atoms with Crippen molar-refractivity contribution in [3.8, 4) is 5.88 Å². The van der Waals surface area contributed by atoms with Crippen LogP contribution in [-0.2, 0) is 6.54 Å². The fourth-order valence-corrected chi connectivity index (χ4v) is 2.42. The molecule has 1 aromatic rings. The molecule has 0 amide bonds. The van der Waals surface area contributed by atoms with E-state index in [1.165, 1.54) is 31.5 Å². The highest BCUT2D eigenvalue weighted by atomic mass is 19.4. The minimum atomic E-state index is -4.37. The summed E-state index contributed by atoms with van der Waals surface area (Å²) in [4.78, 5) is 8.05. The third-order valence-corrected chi connectivity index (χ3v) is 3.57. The number of nitrogens with two attached hydrogens (primary N) is 1. The molecule has 128 valence electrons. The molecule has 0 aliphatic heterocycles. The normalized spacial score (nSPS) is 17.1. The Balaban J connectivity index is 1.79. The van der Waals surface area contributed by atoms with Gasteiger partial charge in [-0.3, -0.25) is 0 Å².